The van der Waals surface area contributed by atoms with Gasteiger partial charge in [0.2, 0.25) is 5.91 Å². The summed E-state index contributed by atoms with van der Waals surface area (Å²) in [5.74, 6) is -0.388. The van der Waals surface area contributed by atoms with E-state index in [2.05, 4.69) is 5.10 Å². The summed E-state index contributed by atoms with van der Waals surface area (Å²) in [6, 6.07) is 3.92. The minimum Gasteiger partial charge on any atom is -0.387 e. The molecule has 0 saturated carbocycles. The van der Waals surface area contributed by atoms with Crippen LogP contribution in [0.25, 0.3) is 10.8 Å². The first kappa shape index (κ1) is 14.1. The number of likely N-dealkylation sites (tertiary alicyclic amines) is 1. The summed E-state index contributed by atoms with van der Waals surface area (Å²) in [7, 11) is 0. The van der Waals surface area contributed by atoms with E-state index in [1.807, 2.05) is 29.3 Å². The summed E-state index contributed by atoms with van der Waals surface area (Å²) >= 11 is 1.44. The average molecular weight is 307 g/mol. The molecule has 1 amide bonds. The Morgan fingerprint density at radius 1 is 1.52 bits per heavy atom. The fourth-order valence-corrected chi connectivity index (χ4v) is 3.24. The lowest BCUT2D eigenvalue weighted by molar-refractivity contribution is -0.135. The Hall–Kier alpha value is -1.89. The van der Waals surface area contributed by atoms with Crippen molar-refractivity contribution in [2.45, 2.75) is 38.8 Å². The first-order chi connectivity index (χ1) is 10.1. The van der Waals surface area contributed by atoms with Gasteiger partial charge in [0.15, 0.2) is 0 Å². The van der Waals surface area contributed by atoms with Crippen molar-refractivity contribution in [1.29, 1.82) is 0 Å². The van der Waals surface area contributed by atoms with Gasteiger partial charge >= 0.3 is 5.76 Å². The lowest BCUT2D eigenvalue weighted by Gasteiger charge is -2.33. The Labute approximate surface area is 126 Å². The van der Waals surface area contributed by atoms with E-state index >= 15 is 0 Å². The number of amides is 1. The molecule has 1 fully saturated rings. The summed E-state index contributed by atoms with van der Waals surface area (Å²) in [5.41, 5.74) is 0. The lowest BCUT2D eigenvalue weighted by atomic mass is 10.0. The molecular weight excluding hydrogens is 290 g/mol. The van der Waals surface area contributed by atoms with Crippen LogP contribution in [0.1, 0.15) is 26.2 Å². The van der Waals surface area contributed by atoms with Crippen LogP contribution in [-0.2, 0) is 11.3 Å². The summed E-state index contributed by atoms with van der Waals surface area (Å²) in [6.07, 6.45) is 3.18. The molecular formula is C14H17N3O3S. The van der Waals surface area contributed by atoms with Crippen LogP contribution in [0.3, 0.4) is 0 Å². The van der Waals surface area contributed by atoms with Gasteiger partial charge in [0.1, 0.15) is 6.54 Å². The second-order valence-electron chi connectivity index (χ2n) is 5.24. The van der Waals surface area contributed by atoms with Crippen molar-refractivity contribution in [2.75, 3.05) is 6.54 Å². The minimum absolute atomic E-state index is 0.0575. The van der Waals surface area contributed by atoms with Crippen LogP contribution < -0.4 is 5.76 Å². The maximum absolute atomic E-state index is 12.3. The molecule has 112 valence electrons. The van der Waals surface area contributed by atoms with Crippen molar-refractivity contribution >= 4 is 17.2 Å². The third-order valence-corrected chi connectivity index (χ3v) is 4.60. The van der Waals surface area contributed by atoms with Crippen molar-refractivity contribution in [3.05, 3.63) is 28.1 Å². The number of thiophene rings is 1. The fourth-order valence-electron chi connectivity index (χ4n) is 2.59. The van der Waals surface area contributed by atoms with Crippen LogP contribution in [0.5, 0.6) is 0 Å². The number of carbonyl (C=O) groups excluding carboxylic acids is 1. The molecule has 0 bridgehead atoms. The molecule has 1 aliphatic heterocycles. The average Bonchev–Trinajstić information content (AvgIpc) is 3.10. The molecule has 1 saturated heterocycles. The zero-order valence-electron chi connectivity index (χ0n) is 11.8. The molecule has 2 aromatic rings. The SMILES string of the molecule is CC1CCCCN1C(=O)Cn1nc(-c2cccs2)oc1=O. The summed E-state index contributed by atoms with van der Waals surface area (Å²) in [5, 5.41) is 6.00. The molecule has 6 nitrogen and oxygen atoms in total. The van der Waals surface area contributed by atoms with Gasteiger partial charge in [-0.05, 0) is 37.6 Å². The molecule has 1 unspecified atom stereocenters. The number of hydrogen-bond acceptors (Lipinski definition) is 5. The normalized spacial score (nSPS) is 18.9. The lowest BCUT2D eigenvalue weighted by Crippen LogP contribution is -2.44. The third-order valence-electron chi connectivity index (χ3n) is 3.75. The topological polar surface area (TPSA) is 68.3 Å². The summed E-state index contributed by atoms with van der Waals surface area (Å²) < 4.78 is 6.22. The van der Waals surface area contributed by atoms with Gasteiger partial charge in [0.05, 0.1) is 4.88 Å². The van der Waals surface area contributed by atoms with E-state index in [0.29, 0.717) is 0 Å². The second-order valence-corrected chi connectivity index (χ2v) is 6.19. The predicted octanol–water partition coefficient (Wildman–Crippen LogP) is 1.97. The molecule has 0 radical (unpaired) electrons. The Morgan fingerprint density at radius 3 is 3.10 bits per heavy atom. The highest BCUT2D eigenvalue weighted by molar-refractivity contribution is 7.13. The quantitative estimate of drug-likeness (QED) is 0.869. The van der Waals surface area contributed by atoms with Gasteiger partial charge in [-0.1, -0.05) is 6.07 Å². The Bertz CT molecular complexity index is 674. The Kier molecular flexibility index (Phi) is 3.92. The molecule has 3 rings (SSSR count). The van der Waals surface area contributed by atoms with Crippen molar-refractivity contribution in [1.82, 2.24) is 14.7 Å². The molecule has 0 N–H and O–H groups in total. The molecule has 0 aromatic carbocycles. The highest BCUT2D eigenvalue weighted by Crippen LogP contribution is 2.21. The van der Waals surface area contributed by atoms with E-state index in [4.69, 9.17) is 4.42 Å². The number of rotatable bonds is 3. The van der Waals surface area contributed by atoms with E-state index in [9.17, 15) is 9.59 Å². The van der Waals surface area contributed by atoms with Crippen LogP contribution in [0, 0.1) is 0 Å². The first-order valence-electron chi connectivity index (χ1n) is 7.06. The van der Waals surface area contributed by atoms with E-state index in [-0.39, 0.29) is 24.4 Å². The van der Waals surface area contributed by atoms with Crippen molar-refractivity contribution in [3.8, 4) is 10.8 Å². The Balaban J connectivity index is 1.76. The van der Waals surface area contributed by atoms with Crippen molar-refractivity contribution < 1.29 is 9.21 Å². The monoisotopic (exact) mass is 307 g/mol. The predicted molar refractivity (Wildman–Crippen MR) is 79.1 cm³/mol. The molecule has 7 heteroatoms. The molecule has 1 aliphatic rings. The fraction of sp³-hybridized carbons (Fsp3) is 0.500. The number of hydrogen-bond donors (Lipinski definition) is 0. The Morgan fingerprint density at radius 2 is 2.38 bits per heavy atom. The van der Waals surface area contributed by atoms with Crippen molar-refractivity contribution in [3.63, 3.8) is 0 Å². The van der Waals surface area contributed by atoms with Gasteiger partial charge in [-0.2, -0.15) is 4.68 Å². The zero-order chi connectivity index (χ0) is 14.8. The van der Waals surface area contributed by atoms with Crippen molar-refractivity contribution in [2.24, 2.45) is 0 Å². The molecule has 1 atom stereocenters. The highest BCUT2D eigenvalue weighted by atomic mass is 32.1. The molecule has 0 aliphatic carbocycles. The maximum Gasteiger partial charge on any atom is 0.437 e. The van der Waals surface area contributed by atoms with Crippen LogP contribution in [-0.4, -0.2) is 33.2 Å². The van der Waals surface area contributed by atoms with Gasteiger partial charge in [0, 0.05) is 12.6 Å². The van der Waals surface area contributed by atoms with Gasteiger partial charge in [-0.15, -0.1) is 16.4 Å². The number of piperidine rings is 1. The second kappa shape index (κ2) is 5.85. The standard InChI is InChI=1S/C14H17N3O3S/c1-10-5-2-3-7-16(10)12(18)9-17-14(19)20-13(15-17)11-6-4-8-21-11/h4,6,8,10H,2-3,5,7,9H2,1H3. The van der Waals surface area contributed by atoms with E-state index < -0.39 is 5.76 Å². The first-order valence-corrected chi connectivity index (χ1v) is 7.94. The smallest absolute Gasteiger partial charge is 0.387 e. The number of aromatic nitrogens is 2. The number of nitrogens with zero attached hydrogens (tertiary/aromatic N) is 3. The summed E-state index contributed by atoms with van der Waals surface area (Å²) in [6.45, 7) is 2.74. The van der Waals surface area contributed by atoms with Gasteiger partial charge < -0.3 is 9.32 Å². The molecule has 0 spiro atoms. The minimum atomic E-state index is -0.587. The van der Waals surface area contributed by atoms with Crippen LogP contribution in [0.15, 0.2) is 26.7 Å². The molecule has 2 aromatic heterocycles. The van der Waals surface area contributed by atoms with Gasteiger partial charge in [-0.3, -0.25) is 4.79 Å². The molecule has 21 heavy (non-hydrogen) atoms. The third kappa shape index (κ3) is 2.92. The largest absolute Gasteiger partial charge is 0.437 e. The van der Waals surface area contributed by atoms with Crippen LogP contribution in [0.4, 0.5) is 0 Å². The van der Waals surface area contributed by atoms with E-state index in [0.717, 1.165) is 35.4 Å². The maximum atomic E-state index is 12.3. The van der Waals surface area contributed by atoms with Gasteiger partial charge in [-0.25, -0.2) is 4.79 Å². The van der Waals surface area contributed by atoms with E-state index in [1.165, 1.54) is 11.3 Å². The highest BCUT2D eigenvalue weighted by Gasteiger charge is 2.24. The molecule has 3 heterocycles. The van der Waals surface area contributed by atoms with Gasteiger partial charge in [0.25, 0.3) is 5.89 Å². The summed E-state index contributed by atoms with van der Waals surface area (Å²) in [4.78, 5) is 26.7. The zero-order valence-corrected chi connectivity index (χ0v) is 12.6. The van der Waals surface area contributed by atoms with Crippen LogP contribution in [0.2, 0.25) is 0 Å². The van der Waals surface area contributed by atoms with Crippen LogP contribution >= 0.6 is 11.3 Å². The number of carbonyl (C=O) groups is 1. The van der Waals surface area contributed by atoms with E-state index in [1.54, 1.807) is 0 Å².